The fourth-order valence-corrected chi connectivity index (χ4v) is 3.34. The van der Waals surface area contributed by atoms with Crippen molar-refractivity contribution >= 4 is 18.1 Å². The monoisotopic (exact) mass is 472 g/mol. The number of carbonyl (C=O) groups excluding carboxylic acids is 2. The first-order valence-corrected chi connectivity index (χ1v) is 10.4. The highest BCUT2D eigenvalue weighted by Crippen LogP contribution is 2.38. The Morgan fingerprint density at radius 2 is 1.62 bits per heavy atom. The average molecular weight is 472 g/mol. The predicted molar refractivity (Wildman–Crippen MR) is 124 cm³/mol. The third-order valence-corrected chi connectivity index (χ3v) is 5.09. The minimum absolute atomic E-state index is 0.203. The van der Waals surface area contributed by atoms with Crippen LogP contribution in [0, 0.1) is 0 Å². The Bertz CT molecular complexity index is 1050. The zero-order chi connectivity index (χ0) is 24.7. The molecular weight excluding hydrogens is 444 g/mol. The zero-order valence-electron chi connectivity index (χ0n) is 19.6. The first kappa shape index (κ1) is 24.8. The number of benzene rings is 2. The topological polar surface area (TPSA) is 129 Å². The van der Waals surface area contributed by atoms with Crippen LogP contribution in [-0.4, -0.2) is 58.6 Å². The lowest BCUT2D eigenvalue weighted by Crippen LogP contribution is -2.41. The van der Waals surface area contributed by atoms with E-state index >= 15 is 0 Å². The molecule has 34 heavy (non-hydrogen) atoms. The van der Waals surface area contributed by atoms with Gasteiger partial charge in [-0.2, -0.15) is 5.10 Å². The van der Waals surface area contributed by atoms with Crippen LogP contribution in [0.15, 0.2) is 35.4 Å². The summed E-state index contributed by atoms with van der Waals surface area (Å²) in [6.07, 6.45) is 2.14. The van der Waals surface area contributed by atoms with Gasteiger partial charge in [0.2, 0.25) is 5.75 Å². The Morgan fingerprint density at radius 1 is 0.941 bits per heavy atom. The molecule has 1 heterocycles. The molecule has 1 fully saturated rings. The van der Waals surface area contributed by atoms with Crippen LogP contribution >= 0.6 is 0 Å². The molecule has 2 unspecified atom stereocenters. The number of hydrazone groups is 1. The molecule has 3 N–H and O–H groups in total. The number of hydrogen-bond acceptors (Lipinski definition) is 10. The molecule has 2 aromatic rings. The van der Waals surface area contributed by atoms with Crippen LogP contribution in [0.3, 0.4) is 0 Å². The molecule has 0 aromatic heterocycles. The first-order valence-electron chi connectivity index (χ1n) is 10.4. The molecule has 1 saturated heterocycles. The number of esters is 1. The number of carbonyl (C=O) groups is 2. The number of methoxy groups -OCH3 is 4. The van der Waals surface area contributed by atoms with Gasteiger partial charge < -0.3 is 23.7 Å². The maximum atomic E-state index is 12.8. The Kier molecular flexibility index (Phi) is 8.28. The molecule has 0 aliphatic carbocycles. The molecule has 2 atom stereocenters. The third-order valence-electron chi connectivity index (χ3n) is 5.09. The lowest BCUT2D eigenvalue weighted by Gasteiger charge is -2.14. The summed E-state index contributed by atoms with van der Waals surface area (Å²) in [7, 11) is 5.84. The Balaban J connectivity index is 1.71. The van der Waals surface area contributed by atoms with E-state index < -0.39 is 5.97 Å². The second-order valence-electron chi connectivity index (χ2n) is 7.43. The number of rotatable bonds is 9. The molecule has 182 valence electrons. The molecule has 3 rings (SSSR count). The molecule has 0 spiro atoms. The van der Waals surface area contributed by atoms with Gasteiger partial charge in [0.15, 0.2) is 23.0 Å². The summed E-state index contributed by atoms with van der Waals surface area (Å²) in [6, 6.07) is 7.73. The molecule has 1 amide bonds. The van der Waals surface area contributed by atoms with E-state index in [9.17, 15) is 9.59 Å². The molecule has 1 aliphatic heterocycles. The Labute approximate surface area is 197 Å². The van der Waals surface area contributed by atoms with E-state index in [2.05, 4.69) is 21.4 Å². The normalized spacial score (nSPS) is 17.3. The van der Waals surface area contributed by atoms with Crippen LogP contribution in [0.1, 0.15) is 29.3 Å². The van der Waals surface area contributed by atoms with E-state index in [0.717, 1.165) is 0 Å². The van der Waals surface area contributed by atoms with Gasteiger partial charge in [-0.15, -0.1) is 0 Å². The van der Waals surface area contributed by atoms with Crippen molar-refractivity contribution in [1.29, 1.82) is 0 Å². The van der Waals surface area contributed by atoms with Crippen LogP contribution in [0.5, 0.6) is 28.7 Å². The molecule has 11 nitrogen and oxygen atoms in total. The van der Waals surface area contributed by atoms with Crippen molar-refractivity contribution in [2.24, 2.45) is 5.10 Å². The molecule has 0 radical (unpaired) electrons. The number of nitrogens with zero attached hydrogens (tertiary/aromatic N) is 1. The summed E-state index contributed by atoms with van der Waals surface area (Å²) in [5.41, 5.74) is 9.23. The average Bonchev–Trinajstić information content (AvgIpc) is 3.29. The van der Waals surface area contributed by atoms with Crippen molar-refractivity contribution in [2.75, 3.05) is 28.4 Å². The summed E-state index contributed by atoms with van der Waals surface area (Å²) in [5, 5.41) is 3.98. The quantitative estimate of drug-likeness (QED) is 0.216. The van der Waals surface area contributed by atoms with Gasteiger partial charge in [-0.3, -0.25) is 10.2 Å². The van der Waals surface area contributed by atoms with Crippen molar-refractivity contribution in [3.8, 4) is 28.7 Å². The summed E-state index contributed by atoms with van der Waals surface area (Å²) in [6.45, 7) is 1.98. The largest absolute Gasteiger partial charge is 0.493 e. The van der Waals surface area contributed by atoms with Gasteiger partial charge in [-0.25, -0.2) is 15.6 Å². The maximum Gasteiger partial charge on any atom is 0.343 e. The molecule has 0 saturated carbocycles. The van der Waals surface area contributed by atoms with Gasteiger partial charge in [0.1, 0.15) is 6.04 Å². The molecular formula is C23H28N4O7. The summed E-state index contributed by atoms with van der Waals surface area (Å²) < 4.78 is 26.7. The van der Waals surface area contributed by atoms with Crippen molar-refractivity contribution in [1.82, 2.24) is 16.3 Å². The van der Waals surface area contributed by atoms with Crippen LogP contribution in [0.4, 0.5) is 0 Å². The Morgan fingerprint density at radius 3 is 2.18 bits per heavy atom. The Hall–Kier alpha value is -3.83. The van der Waals surface area contributed by atoms with Crippen molar-refractivity contribution in [3.05, 3.63) is 41.5 Å². The predicted octanol–water partition coefficient (Wildman–Crippen LogP) is 1.65. The highest BCUT2D eigenvalue weighted by molar-refractivity contribution is 5.93. The fraction of sp³-hybridized carbons (Fsp3) is 0.348. The number of amides is 1. The SMILES string of the molecule is COc1cc(/C=N/NC(=O)C2CC(C)NN2)ccc1OC(=O)c1cc(OC)c(OC)c(OC)c1. The van der Waals surface area contributed by atoms with Crippen molar-refractivity contribution < 1.29 is 33.3 Å². The number of ether oxygens (including phenoxy) is 5. The van der Waals surface area contributed by atoms with Crippen LogP contribution in [-0.2, 0) is 4.79 Å². The molecule has 2 aromatic carbocycles. The summed E-state index contributed by atoms with van der Waals surface area (Å²) in [5.74, 6) is 0.655. The maximum absolute atomic E-state index is 12.8. The fourth-order valence-electron chi connectivity index (χ4n) is 3.34. The standard InChI is InChI=1S/C23H28N4O7/c1-13-8-16(26-25-13)22(28)27-24-12-14-6-7-17(18(9-14)30-2)34-23(29)15-10-19(31-3)21(33-5)20(11-15)32-4/h6-7,9-13,16,25-26H,8H2,1-5H3,(H,27,28)/b24-12+. The third kappa shape index (κ3) is 5.74. The van der Waals surface area contributed by atoms with Crippen molar-refractivity contribution in [3.63, 3.8) is 0 Å². The lowest BCUT2D eigenvalue weighted by atomic mass is 10.1. The second kappa shape index (κ2) is 11.3. The molecule has 0 bridgehead atoms. The van der Waals surface area contributed by atoms with Crippen LogP contribution < -0.4 is 40.0 Å². The van der Waals surface area contributed by atoms with Crippen LogP contribution in [0.2, 0.25) is 0 Å². The highest BCUT2D eigenvalue weighted by atomic mass is 16.6. The number of hydrogen-bond donors (Lipinski definition) is 3. The highest BCUT2D eigenvalue weighted by Gasteiger charge is 2.26. The van der Waals surface area contributed by atoms with Gasteiger partial charge in [0.05, 0.1) is 40.2 Å². The van der Waals surface area contributed by atoms with E-state index in [-0.39, 0.29) is 29.3 Å². The van der Waals surface area contributed by atoms with Crippen molar-refractivity contribution in [2.45, 2.75) is 25.4 Å². The lowest BCUT2D eigenvalue weighted by molar-refractivity contribution is -0.122. The van der Waals surface area contributed by atoms with Gasteiger partial charge >= 0.3 is 5.97 Å². The summed E-state index contributed by atoms with van der Waals surface area (Å²) in [4.78, 5) is 24.9. The molecule has 1 aliphatic rings. The molecule has 11 heteroatoms. The van der Waals surface area contributed by atoms with E-state index in [4.69, 9.17) is 23.7 Å². The minimum atomic E-state index is -0.641. The van der Waals surface area contributed by atoms with Gasteiger partial charge in [-0.05, 0) is 49.2 Å². The summed E-state index contributed by atoms with van der Waals surface area (Å²) >= 11 is 0. The zero-order valence-corrected chi connectivity index (χ0v) is 19.6. The minimum Gasteiger partial charge on any atom is -0.493 e. The number of hydrazine groups is 1. The van der Waals surface area contributed by atoms with Crippen LogP contribution in [0.25, 0.3) is 0 Å². The van der Waals surface area contributed by atoms with Gasteiger partial charge in [0.25, 0.3) is 5.91 Å². The van der Waals surface area contributed by atoms with E-state index in [1.165, 1.54) is 46.8 Å². The van der Waals surface area contributed by atoms with Gasteiger partial charge in [-0.1, -0.05) is 0 Å². The first-order chi connectivity index (χ1) is 16.4. The smallest absolute Gasteiger partial charge is 0.343 e. The van der Waals surface area contributed by atoms with E-state index in [1.54, 1.807) is 18.2 Å². The number of nitrogens with one attached hydrogen (secondary N) is 3. The second-order valence-corrected chi connectivity index (χ2v) is 7.43. The van der Waals surface area contributed by atoms with E-state index in [1.807, 2.05) is 6.92 Å². The van der Waals surface area contributed by atoms with E-state index in [0.29, 0.717) is 35.0 Å². The van der Waals surface area contributed by atoms with Gasteiger partial charge in [0, 0.05) is 6.04 Å².